The van der Waals surface area contributed by atoms with Crippen LogP contribution >= 0.6 is 0 Å². The Morgan fingerprint density at radius 2 is 2.00 bits per heavy atom. The number of nitrogens with one attached hydrogen (secondary N) is 1. The SMILES string of the molecule is CCN1C(=O)C(C)(C(=O)Nc2c(C)nn(C)c2C(N)=O)Oc2ccccc21. The molecule has 0 saturated heterocycles. The van der Waals surface area contributed by atoms with E-state index in [1.807, 2.05) is 6.92 Å². The Bertz CT molecular complexity index is 951. The van der Waals surface area contributed by atoms with Crippen LogP contribution in [0.1, 0.15) is 30.0 Å². The maximum atomic E-state index is 13.0. The quantitative estimate of drug-likeness (QED) is 0.776. The van der Waals surface area contributed by atoms with Crippen molar-refractivity contribution in [1.82, 2.24) is 9.78 Å². The molecule has 1 aliphatic rings. The van der Waals surface area contributed by atoms with Gasteiger partial charge in [0.25, 0.3) is 23.3 Å². The van der Waals surface area contributed by atoms with Crippen LogP contribution in [-0.4, -0.2) is 39.6 Å². The van der Waals surface area contributed by atoms with E-state index in [0.29, 0.717) is 23.7 Å². The fraction of sp³-hybridized carbons (Fsp3) is 0.333. The van der Waals surface area contributed by atoms with Crippen molar-refractivity contribution in [2.24, 2.45) is 12.8 Å². The third-order valence-corrected chi connectivity index (χ3v) is 4.57. The summed E-state index contributed by atoms with van der Waals surface area (Å²) in [6, 6.07) is 7.00. The number of amides is 3. The van der Waals surface area contributed by atoms with Gasteiger partial charge >= 0.3 is 0 Å². The van der Waals surface area contributed by atoms with Crippen LogP contribution in [0.4, 0.5) is 11.4 Å². The van der Waals surface area contributed by atoms with Gasteiger partial charge in [0.05, 0.1) is 17.1 Å². The Morgan fingerprint density at radius 1 is 1.33 bits per heavy atom. The third-order valence-electron chi connectivity index (χ3n) is 4.57. The summed E-state index contributed by atoms with van der Waals surface area (Å²) >= 11 is 0. The number of anilines is 2. The average molecular weight is 371 g/mol. The third kappa shape index (κ3) is 2.80. The van der Waals surface area contributed by atoms with E-state index in [0.717, 1.165) is 0 Å². The minimum atomic E-state index is -1.80. The molecule has 3 amide bonds. The first-order valence-electron chi connectivity index (χ1n) is 8.45. The highest BCUT2D eigenvalue weighted by Gasteiger charge is 2.50. The molecule has 142 valence electrons. The molecule has 0 fully saturated rings. The zero-order chi connectivity index (χ0) is 19.9. The molecular weight excluding hydrogens is 350 g/mol. The van der Waals surface area contributed by atoms with Crippen molar-refractivity contribution < 1.29 is 19.1 Å². The Labute approximate surface area is 156 Å². The van der Waals surface area contributed by atoms with Crippen molar-refractivity contribution in [1.29, 1.82) is 0 Å². The molecule has 1 unspecified atom stereocenters. The molecule has 1 aromatic heterocycles. The van der Waals surface area contributed by atoms with Gasteiger partial charge < -0.3 is 20.7 Å². The van der Waals surface area contributed by atoms with Gasteiger partial charge in [-0.1, -0.05) is 12.1 Å². The lowest BCUT2D eigenvalue weighted by molar-refractivity contribution is -0.145. The van der Waals surface area contributed by atoms with Crippen molar-refractivity contribution >= 4 is 29.1 Å². The number of nitrogens with zero attached hydrogens (tertiary/aromatic N) is 3. The monoisotopic (exact) mass is 371 g/mol. The number of carbonyl (C=O) groups excluding carboxylic acids is 3. The van der Waals surface area contributed by atoms with Crippen LogP contribution in [0.2, 0.25) is 0 Å². The molecule has 2 aromatic rings. The number of hydrogen-bond acceptors (Lipinski definition) is 5. The van der Waals surface area contributed by atoms with Gasteiger partial charge in [-0.2, -0.15) is 5.10 Å². The number of nitrogens with two attached hydrogens (primary N) is 1. The fourth-order valence-electron chi connectivity index (χ4n) is 3.18. The normalized spacial score (nSPS) is 18.7. The molecule has 27 heavy (non-hydrogen) atoms. The zero-order valence-corrected chi connectivity index (χ0v) is 15.6. The number of aryl methyl sites for hydroxylation is 2. The number of rotatable bonds is 4. The number of benzene rings is 1. The smallest absolute Gasteiger partial charge is 0.280 e. The second-order valence-electron chi connectivity index (χ2n) is 6.40. The van der Waals surface area contributed by atoms with Crippen molar-refractivity contribution in [3.05, 3.63) is 35.7 Å². The summed E-state index contributed by atoms with van der Waals surface area (Å²) < 4.78 is 7.08. The van der Waals surface area contributed by atoms with Gasteiger partial charge in [-0.15, -0.1) is 0 Å². The first-order valence-corrected chi connectivity index (χ1v) is 8.45. The largest absolute Gasteiger partial charge is 0.465 e. The van der Waals surface area contributed by atoms with E-state index >= 15 is 0 Å². The van der Waals surface area contributed by atoms with Crippen LogP contribution < -0.4 is 20.7 Å². The van der Waals surface area contributed by atoms with Crippen LogP contribution in [0.5, 0.6) is 5.75 Å². The predicted molar refractivity (Wildman–Crippen MR) is 98.6 cm³/mol. The van der Waals surface area contributed by atoms with E-state index in [1.165, 1.54) is 16.5 Å². The first-order chi connectivity index (χ1) is 12.7. The molecule has 1 aliphatic heterocycles. The molecule has 9 nitrogen and oxygen atoms in total. The van der Waals surface area contributed by atoms with Gasteiger partial charge in [-0.3, -0.25) is 19.1 Å². The van der Waals surface area contributed by atoms with Crippen molar-refractivity contribution in [3.8, 4) is 5.75 Å². The van der Waals surface area contributed by atoms with Gasteiger partial charge in [0.15, 0.2) is 0 Å². The minimum Gasteiger partial charge on any atom is -0.465 e. The van der Waals surface area contributed by atoms with Gasteiger partial charge in [-0.25, -0.2) is 0 Å². The maximum Gasteiger partial charge on any atom is 0.280 e. The number of aromatic nitrogens is 2. The highest BCUT2D eigenvalue weighted by molar-refractivity contribution is 6.20. The van der Waals surface area contributed by atoms with Crippen LogP contribution in [0.25, 0.3) is 0 Å². The molecule has 9 heteroatoms. The zero-order valence-electron chi connectivity index (χ0n) is 15.6. The highest BCUT2D eigenvalue weighted by Crippen LogP contribution is 2.38. The van der Waals surface area contributed by atoms with Crippen LogP contribution in [0.15, 0.2) is 24.3 Å². The van der Waals surface area contributed by atoms with Gasteiger partial charge in [0, 0.05) is 13.6 Å². The molecule has 0 radical (unpaired) electrons. The molecule has 1 aromatic carbocycles. The summed E-state index contributed by atoms with van der Waals surface area (Å²) in [7, 11) is 1.54. The summed E-state index contributed by atoms with van der Waals surface area (Å²) in [6.45, 7) is 5.22. The Hall–Kier alpha value is -3.36. The predicted octanol–water partition coefficient (Wildman–Crippen LogP) is 0.970. The second-order valence-corrected chi connectivity index (χ2v) is 6.40. The first kappa shape index (κ1) is 18.4. The maximum absolute atomic E-state index is 13.0. The number of hydrogen-bond donors (Lipinski definition) is 2. The van der Waals surface area contributed by atoms with Crippen molar-refractivity contribution in [2.45, 2.75) is 26.4 Å². The Morgan fingerprint density at radius 3 is 2.63 bits per heavy atom. The number of fused-ring (bicyclic) bond motifs is 1. The van der Waals surface area contributed by atoms with Gasteiger partial charge in [0.1, 0.15) is 11.4 Å². The van der Waals surface area contributed by atoms with Gasteiger partial charge in [0.2, 0.25) is 0 Å². The summed E-state index contributed by atoms with van der Waals surface area (Å²) in [4.78, 5) is 39.3. The van der Waals surface area contributed by atoms with E-state index in [2.05, 4.69) is 10.4 Å². The lowest BCUT2D eigenvalue weighted by atomic mass is 9.99. The highest BCUT2D eigenvalue weighted by atomic mass is 16.5. The molecule has 3 N–H and O–H groups in total. The van der Waals surface area contributed by atoms with E-state index in [1.54, 1.807) is 38.2 Å². The second kappa shape index (κ2) is 6.42. The number of likely N-dealkylation sites (N-methyl/N-ethyl adjacent to an activating group) is 1. The van der Waals surface area contributed by atoms with E-state index < -0.39 is 23.3 Å². The minimum absolute atomic E-state index is 0.0421. The molecule has 0 aliphatic carbocycles. The molecule has 0 bridgehead atoms. The van der Waals surface area contributed by atoms with E-state index in [4.69, 9.17) is 10.5 Å². The van der Waals surface area contributed by atoms with Gasteiger partial charge in [-0.05, 0) is 32.9 Å². The fourth-order valence-corrected chi connectivity index (χ4v) is 3.18. The summed E-state index contributed by atoms with van der Waals surface area (Å²) in [6.07, 6.45) is 0. The molecular formula is C18H21N5O4. The lowest BCUT2D eigenvalue weighted by Gasteiger charge is -2.39. The number of carbonyl (C=O) groups is 3. The number of para-hydroxylation sites is 2. The Balaban J connectivity index is 2.00. The van der Waals surface area contributed by atoms with Crippen LogP contribution in [0.3, 0.4) is 0 Å². The molecule has 0 spiro atoms. The molecule has 0 saturated carbocycles. The lowest BCUT2D eigenvalue weighted by Crippen LogP contribution is -2.60. The van der Waals surface area contributed by atoms with Crippen molar-refractivity contribution in [2.75, 3.05) is 16.8 Å². The van der Waals surface area contributed by atoms with Crippen LogP contribution in [-0.2, 0) is 16.6 Å². The summed E-state index contributed by atoms with van der Waals surface area (Å²) in [5.74, 6) is -1.52. The summed E-state index contributed by atoms with van der Waals surface area (Å²) in [5, 5.41) is 6.71. The standard InChI is InChI=1S/C18H21N5O4/c1-5-23-11-8-6-7-9-12(11)27-18(3,17(23)26)16(25)20-13-10(2)21-22(4)14(13)15(19)24/h6-9H,5H2,1-4H3,(H2,19,24)(H,20,25). The average Bonchev–Trinajstić information content (AvgIpc) is 2.89. The number of ether oxygens (including phenoxy) is 1. The van der Waals surface area contributed by atoms with E-state index in [9.17, 15) is 14.4 Å². The van der Waals surface area contributed by atoms with Crippen molar-refractivity contribution in [3.63, 3.8) is 0 Å². The van der Waals surface area contributed by atoms with E-state index in [-0.39, 0.29) is 11.4 Å². The summed E-state index contributed by atoms with van der Waals surface area (Å²) in [5.41, 5.74) is 4.80. The van der Waals surface area contributed by atoms with Crippen LogP contribution in [0, 0.1) is 6.92 Å². The molecule has 1 atom stereocenters. The Kier molecular flexibility index (Phi) is 4.38. The topological polar surface area (TPSA) is 120 Å². The molecule has 3 rings (SSSR count). The molecule has 2 heterocycles. The number of primary amides is 1.